The van der Waals surface area contributed by atoms with Crippen molar-refractivity contribution in [1.82, 2.24) is 0 Å². The van der Waals surface area contributed by atoms with E-state index in [4.69, 9.17) is 14.7 Å². The molecule has 0 spiro atoms. The molecule has 0 aliphatic heterocycles. The maximum Gasteiger partial charge on any atom is 0.324 e. The van der Waals surface area contributed by atoms with Crippen LogP contribution in [-0.4, -0.2) is 33.0 Å². The van der Waals surface area contributed by atoms with E-state index in [0.717, 1.165) is 38.5 Å². The topological polar surface area (TPSA) is 95.7 Å². The van der Waals surface area contributed by atoms with Gasteiger partial charge < -0.3 is 10.5 Å². The Hall–Kier alpha value is -0.660. The van der Waals surface area contributed by atoms with E-state index in [0.29, 0.717) is 12.8 Å². The number of hydrogen-bond acceptors (Lipinski definition) is 6. The first-order valence-electron chi connectivity index (χ1n) is 10.2. The molecule has 2 N–H and O–H groups in total. The highest BCUT2D eigenvalue weighted by Crippen LogP contribution is 2.09. The zero-order valence-corrected chi connectivity index (χ0v) is 17.5. The van der Waals surface area contributed by atoms with Gasteiger partial charge in [-0.3, -0.25) is 8.98 Å². The third kappa shape index (κ3) is 15.6. The van der Waals surface area contributed by atoms with Gasteiger partial charge in [-0.1, -0.05) is 84.5 Å². The van der Waals surface area contributed by atoms with Gasteiger partial charge in [0.15, 0.2) is 0 Å². The Kier molecular flexibility index (Phi) is 16.1. The van der Waals surface area contributed by atoms with E-state index in [-0.39, 0.29) is 6.61 Å². The summed E-state index contributed by atoms with van der Waals surface area (Å²) in [5, 5.41) is 0. The van der Waals surface area contributed by atoms with Crippen LogP contribution in [0.4, 0.5) is 0 Å². The number of carbonyl (C=O) groups excluding carboxylic acids is 1. The van der Waals surface area contributed by atoms with Crippen LogP contribution >= 0.6 is 0 Å². The highest BCUT2D eigenvalue weighted by atomic mass is 32.2. The molecule has 26 heavy (non-hydrogen) atoms. The van der Waals surface area contributed by atoms with Crippen LogP contribution in [0.3, 0.4) is 0 Å². The van der Waals surface area contributed by atoms with Gasteiger partial charge in [-0.25, -0.2) is 0 Å². The summed E-state index contributed by atoms with van der Waals surface area (Å²) >= 11 is 0. The molecule has 156 valence electrons. The number of rotatable bonds is 18. The van der Waals surface area contributed by atoms with Crippen molar-refractivity contribution in [2.24, 2.45) is 5.73 Å². The molecule has 0 aliphatic carbocycles. The van der Waals surface area contributed by atoms with Crippen LogP contribution in [0.1, 0.15) is 97.3 Å². The van der Waals surface area contributed by atoms with Gasteiger partial charge in [-0.2, -0.15) is 8.42 Å². The zero-order chi connectivity index (χ0) is 19.7. The summed E-state index contributed by atoms with van der Waals surface area (Å²) < 4.78 is 33.1. The van der Waals surface area contributed by atoms with E-state index in [1.807, 2.05) is 0 Å². The van der Waals surface area contributed by atoms with Crippen molar-refractivity contribution in [2.75, 3.05) is 12.5 Å². The minimum absolute atomic E-state index is 0.135. The van der Waals surface area contributed by atoms with Gasteiger partial charge >= 0.3 is 16.1 Å². The molecule has 0 aromatic carbocycles. The maximum atomic E-state index is 11.8. The minimum Gasteiger partial charge on any atom is -0.445 e. The van der Waals surface area contributed by atoms with Gasteiger partial charge in [0.1, 0.15) is 6.04 Å². The van der Waals surface area contributed by atoms with E-state index in [1.54, 1.807) is 0 Å². The fourth-order valence-electron chi connectivity index (χ4n) is 2.60. The maximum absolute atomic E-state index is 11.8. The molecule has 0 heterocycles. The SMILES string of the molecule is CCCCCCCCOS(=O)(=O)COC(=O)C(N)CCCCCCCC. The molecule has 0 aromatic heterocycles. The molecule has 0 bridgehead atoms. The predicted octanol–water partition coefficient (Wildman–Crippen LogP) is 4.27. The van der Waals surface area contributed by atoms with Crippen molar-refractivity contribution < 1.29 is 22.1 Å². The molecule has 0 aromatic rings. The van der Waals surface area contributed by atoms with E-state index in [1.165, 1.54) is 32.1 Å². The second kappa shape index (κ2) is 16.5. The van der Waals surface area contributed by atoms with Crippen molar-refractivity contribution in [3.05, 3.63) is 0 Å². The lowest BCUT2D eigenvalue weighted by Gasteiger charge is -2.12. The van der Waals surface area contributed by atoms with Crippen LogP contribution in [-0.2, 0) is 23.8 Å². The van der Waals surface area contributed by atoms with Crippen LogP contribution in [0.5, 0.6) is 0 Å². The number of unbranched alkanes of at least 4 members (excludes halogenated alkanes) is 10. The summed E-state index contributed by atoms with van der Waals surface area (Å²) in [4.78, 5) is 11.8. The van der Waals surface area contributed by atoms with Gasteiger partial charge in [-0.05, 0) is 12.8 Å². The summed E-state index contributed by atoms with van der Waals surface area (Å²) in [6, 6.07) is -0.769. The first-order valence-corrected chi connectivity index (χ1v) is 11.8. The third-order valence-corrected chi connectivity index (χ3v) is 5.21. The first-order chi connectivity index (χ1) is 12.4. The van der Waals surface area contributed by atoms with Crippen LogP contribution in [0.2, 0.25) is 0 Å². The molecule has 0 aliphatic rings. The van der Waals surface area contributed by atoms with Gasteiger partial charge in [-0.15, -0.1) is 0 Å². The third-order valence-electron chi connectivity index (χ3n) is 4.28. The van der Waals surface area contributed by atoms with Gasteiger partial charge in [0.25, 0.3) is 0 Å². The summed E-state index contributed by atoms with van der Waals surface area (Å²) in [5.41, 5.74) is 5.76. The Morgan fingerprint density at radius 1 is 0.846 bits per heavy atom. The van der Waals surface area contributed by atoms with Gasteiger partial charge in [0.2, 0.25) is 5.94 Å². The largest absolute Gasteiger partial charge is 0.445 e. The molecule has 0 rings (SSSR count). The molecule has 7 heteroatoms. The molecule has 1 atom stereocenters. The summed E-state index contributed by atoms with van der Waals surface area (Å²) in [6.07, 6.45) is 13.4. The Balaban J connectivity index is 3.76. The summed E-state index contributed by atoms with van der Waals surface area (Å²) in [6.45, 7) is 4.45. The fourth-order valence-corrected chi connectivity index (χ4v) is 3.30. The number of esters is 1. The van der Waals surface area contributed by atoms with E-state index < -0.39 is 28.1 Å². The minimum atomic E-state index is -3.84. The quantitative estimate of drug-likeness (QED) is 0.212. The van der Waals surface area contributed by atoms with Crippen molar-refractivity contribution in [3.63, 3.8) is 0 Å². The van der Waals surface area contributed by atoms with Crippen LogP contribution in [0, 0.1) is 0 Å². The lowest BCUT2D eigenvalue weighted by atomic mass is 10.1. The van der Waals surface area contributed by atoms with Gasteiger partial charge in [0, 0.05) is 0 Å². The molecular weight excluding hydrogens is 354 g/mol. The monoisotopic (exact) mass is 393 g/mol. The average molecular weight is 394 g/mol. The lowest BCUT2D eigenvalue weighted by Crippen LogP contribution is -2.33. The van der Waals surface area contributed by atoms with E-state index in [9.17, 15) is 13.2 Å². The molecule has 1 unspecified atom stereocenters. The Morgan fingerprint density at radius 3 is 1.92 bits per heavy atom. The highest BCUT2D eigenvalue weighted by molar-refractivity contribution is 7.86. The summed E-state index contributed by atoms with van der Waals surface area (Å²) in [7, 11) is -3.84. The molecule has 6 nitrogen and oxygen atoms in total. The predicted molar refractivity (Wildman–Crippen MR) is 105 cm³/mol. The van der Waals surface area contributed by atoms with Crippen LogP contribution < -0.4 is 5.73 Å². The second-order valence-corrected chi connectivity index (χ2v) is 8.48. The lowest BCUT2D eigenvalue weighted by molar-refractivity contribution is -0.143. The smallest absolute Gasteiger partial charge is 0.324 e. The first kappa shape index (κ1) is 25.3. The molecule has 0 amide bonds. The molecule has 0 fully saturated rings. The van der Waals surface area contributed by atoms with E-state index >= 15 is 0 Å². The fraction of sp³-hybridized carbons (Fsp3) is 0.947. The normalized spacial score (nSPS) is 12.9. The molecular formula is C19H39NO5S. The van der Waals surface area contributed by atoms with Gasteiger partial charge in [0.05, 0.1) is 6.61 Å². The number of carbonyl (C=O) groups is 1. The van der Waals surface area contributed by atoms with Crippen molar-refractivity contribution in [3.8, 4) is 0 Å². The van der Waals surface area contributed by atoms with E-state index in [2.05, 4.69) is 13.8 Å². The van der Waals surface area contributed by atoms with Crippen molar-refractivity contribution in [1.29, 1.82) is 0 Å². The standard InChI is InChI=1S/C19H39NO5S/c1-3-5-7-9-11-13-15-18(20)19(21)24-17-26(22,23)25-16-14-12-10-8-6-4-2/h18H,3-17,20H2,1-2H3. The van der Waals surface area contributed by atoms with Crippen LogP contribution in [0.15, 0.2) is 0 Å². The number of hydrogen-bond donors (Lipinski definition) is 1. The average Bonchev–Trinajstić information content (AvgIpc) is 2.61. The number of ether oxygens (including phenoxy) is 1. The Morgan fingerprint density at radius 2 is 1.35 bits per heavy atom. The van der Waals surface area contributed by atoms with Crippen molar-refractivity contribution in [2.45, 2.75) is 103 Å². The Labute approximate surface area is 160 Å². The highest BCUT2D eigenvalue weighted by Gasteiger charge is 2.19. The van der Waals surface area contributed by atoms with Crippen molar-refractivity contribution >= 4 is 16.1 Å². The molecule has 0 radical (unpaired) electrons. The van der Waals surface area contributed by atoms with Crippen LogP contribution in [0.25, 0.3) is 0 Å². The molecule has 0 saturated heterocycles. The summed E-state index contributed by atoms with van der Waals surface area (Å²) in [5.74, 6) is -1.43. The Bertz CT molecular complexity index is 439. The molecule has 0 saturated carbocycles. The number of nitrogens with two attached hydrogens (primary N) is 1. The second-order valence-electron chi connectivity index (χ2n) is 6.89. The zero-order valence-electron chi connectivity index (χ0n) is 16.7.